The number of aromatic amines is 2. The molecule has 8 rings (SSSR count). The SMILES string of the molecule is C1=C(c2cnc3n[nH]c(-c4nc5c(-c6ccoc6)nccc5[nH]4)c3c2)C=C(OC2CCNCC2)C2CN12. The molecule has 37 heavy (non-hydrogen) atoms. The van der Waals surface area contributed by atoms with Crippen LogP contribution in [0.1, 0.15) is 18.4 Å². The lowest BCUT2D eigenvalue weighted by molar-refractivity contribution is 0.0818. The van der Waals surface area contributed by atoms with Gasteiger partial charge in [-0.1, -0.05) is 0 Å². The number of furan rings is 1. The van der Waals surface area contributed by atoms with Crippen LogP contribution in [0.3, 0.4) is 0 Å². The molecule has 1 atom stereocenters. The smallest absolute Gasteiger partial charge is 0.181 e. The number of fused-ring (bicyclic) bond motifs is 3. The van der Waals surface area contributed by atoms with E-state index < -0.39 is 0 Å². The summed E-state index contributed by atoms with van der Waals surface area (Å²) >= 11 is 0. The van der Waals surface area contributed by atoms with Crippen molar-refractivity contribution in [1.29, 1.82) is 0 Å². The van der Waals surface area contributed by atoms with Gasteiger partial charge in [-0.2, -0.15) is 5.10 Å². The number of rotatable bonds is 5. The molecular formula is C27H24N8O2. The third kappa shape index (κ3) is 3.52. The lowest BCUT2D eigenvalue weighted by Gasteiger charge is -2.26. The summed E-state index contributed by atoms with van der Waals surface area (Å²) in [5.74, 6) is 1.75. The number of aromatic nitrogens is 6. The number of hydrogen-bond donors (Lipinski definition) is 3. The maximum Gasteiger partial charge on any atom is 0.181 e. The number of nitrogens with one attached hydrogen (secondary N) is 3. The summed E-state index contributed by atoms with van der Waals surface area (Å²) in [6, 6.07) is 6.29. The first-order chi connectivity index (χ1) is 18.3. The van der Waals surface area contributed by atoms with Gasteiger partial charge in [0.1, 0.15) is 34.8 Å². The second-order valence-corrected chi connectivity index (χ2v) is 9.76. The predicted octanol–water partition coefficient (Wildman–Crippen LogP) is 3.85. The van der Waals surface area contributed by atoms with Gasteiger partial charge in [0.25, 0.3) is 0 Å². The van der Waals surface area contributed by atoms with Crippen LogP contribution >= 0.6 is 0 Å². The highest BCUT2D eigenvalue weighted by Crippen LogP contribution is 2.38. The van der Waals surface area contributed by atoms with Gasteiger partial charge in [0.2, 0.25) is 0 Å². The number of pyridine rings is 2. The van der Waals surface area contributed by atoms with Crippen LogP contribution in [-0.2, 0) is 4.74 Å². The van der Waals surface area contributed by atoms with Crippen molar-refractivity contribution in [3.63, 3.8) is 0 Å². The first-order valence-electron chi connectivity index (χ1n) is 12.6. The molecule has 10 nitrogen and oxygen atoms in total. The van der Waals surface area contributed by atoms with E-state index in [1.807, 2.05) is 18.3 Å². The highest BCUT2D eigenvalue weighted by Gasteiger charge is 2.40. The van der Waals surface area contributed by atoms with E-state index in [2.05, 4.69) is 53.7 Å². The number of imidazole rings is 1. The normalized spacial score (nSPS) is 19.7. The van der Waals surface area contributed by atoms with E-state index in [9.17, 15) is 0 Å². The van der Waals surface area contributed by atoms with Crippen LogP contribution in [0.4, 0.5) is 0 Å². The monoisotopic (exact) mass is 492 g/mol. The van der Waals surface area contributed by atoms with Gasteiger partial charge in [-0.3, -0.25) is 10.1 Å². The Balaban J connectivity index is 1.16. The van der Waals surface area contributed by atoms with Crippen LogP contribution in [0, 0.1) is 0 Å². The largest absolute Gasteiger partial charge is 0.492 e. The van der Waals surface area contributed by atoms with E-state index in [1.54, 1.807) is 18.7 Å². The Labute approximate surface area is 211 Å². The summed E-state index contributed by atoms with van der Waals surface area (Å²) in [5.41, 5.74) is 6.85. The highest BCUT2D eigenvalue weighted by atomic mass is 16.5. The van der Waals surface area contributed by atoms with Gasteiger partial charge < -0.3 is 24.4 Å². The van der Waals surface area contributed by atoms with E-state index in [0.29, 0.717) is 17.5 Å². The first kappa shape index (κ1) is 20.7. The van der Waals surface area contributed by atoms with E-state index in [0.717, 1.165) is 82.7 Å². The van der Waals surface area contributed by atoms with Crippen molar-refractivity contribution in [2.24, 2.45) is 0 Å². The molecule has 8 heterocycles. The van der Waals surface area contributed by atoms with Crippen molar-refractivity contribution in [1.82, 2.24) is 40.3 Å². The van der Waals surface area contributed by atoms with E-state index in [4.69, 9.17) is 14.1 Å². The summed E-state index contributed by atoms with van der Waals surface area (Å²) in [7, 11) is 0. The van der Waals surface area contributed by atoms with Gasteiger partial charge in [0.05, 0.1) is 23.4 Å². The average Bonchev–Trinajstić information content (AvgIpc) is 3.29. The first-order valence-corrected chi connectivity index (χ1v) is 12.6. The third-order valence-corrected chi connectivity index (χ3v) is 7.35. The van der Waals surface area contributed by atoms with Gasteiger partial charge in [-0.05, 0) is 50.2 Å². The predicted molar refractivity (Wildman–Crippen MR) is 138 cm³/mol. The van der Waals surface area contributed by atoms with Crippen molar-refractivity contribution >= 4 is 27.6 Å². The number of piperidine rings is 1. The number of ether oxygens (including phenoxy) is 1. The summed E-state index contributed by atoms with van der Waals surface area (Å²) in [6.07, 6.45) is 13.7. The molecule has 2 saturated heterocycles. The quantitative estimate of drug-likeness (QED) is 0.317. The van der Waals surface area contributed by atoms with Gasteiger partial charge in [-0.15, -0.1) is 0 Å². The maximum atomic E-state index is 6.45. The Morgan fingerprint density at radius 2 is 2.05 bits per heavy atom. The van der Waals surface area contributed by atoms with E-state index >= 15 is 0 Å². The third-order valence-electron chi connectivity index (χ3n) is 7.35. The van der Waals surface area contributed by atoms with Crippen LogP contribution in [0.5, 0.6) is 0 Å². The lowest BCUT2D eigenvalue weighted by Crippen LogP contribution is -2.33. The molecule has 0 amide bonds. The summed E-state index contributed by atoms with van der Waals surface area (Å²) in [6.45, 7) is 3.03. The van der Waals surface area contributed by atoms with E-state index in [1.165, 1.54) is 0 Å². The zero-order chi connectivity index (χ0) is 24.3. The van der Waals surface area contributed by atoms with Crippen molar-refractivity contribution < 1.29 is 9.15 Å². The molecule has 5 aromatic heterocycles. The molecule has 2 fully saturated rings. The molecule has 0 radical (unpaired) electrons. The van der Waals surface area contributed by atoms with Gasteiger partial charge in [-0.25, -0.2) is 9.97 Å². The second-order valence-electron chi connectivity index (χ2n) is 9.76. The molecule has 3 N–H and O–H groups in total. The maximum absolute atomic E-state index is 6.45. The summed E-state index contributed by atoms with van der Waals surface area (Å²) < 4.78 is 11.7. The minimum Gasteiger partial charge on any atom is -0.492 e. The summed E-state index contributed by atoms with van der Waals surface area (Å²) in [4.78, 5) is 19.8. The average molecular weight is 493 g/mol. The molecule has 3 aliphatic heterocycles. The molecule has 0 saturated carbocycles. The van der Waals surface area contributed by atoms with Crippen molar-refractivity contribution in [3.8, 4) is 22.8 Å². The van der Waals surface area contributed by atoms with Crippen LogP contribution in [0.25, 0.3) is 50.4 Å². The van der Waals surface area contributed by atoms with Gasteiger partial charge >= 0.3 is 0 Å². The molecule has 0 spiro atoms. The molecule has 0 aliphatic carbocycles. The van der Waals surface area contributed by atoms with Crippen LogP contribution in [0.15, 0.2) is 65.6 Å². The van der Waals surface area contributed by atoms with E-state index in [-0.39, 0.29) is 6.10 Å². The Kier molecular flexibility index (Phi) is 4.50. The lowest BCUT2D eigenvalue weighted by atomic mass is 10.0. The van der Waals surface area contributed by atoms with Crippen LogP contribution < -0.4 is 5.32 Å². The Morgan fingerprint density at radius 3 is 2.95 bits per heavy atom. The van der Waals surface area contributed by atoms with Crippen molar-refractivity contribution in [2.75, 3.05) is 19.6 Å². The zero-order valence-electron chi connectivity index (χ0n) is 19.9. The second kappa shape index (κ2) is 8.04. The fourth-order valence-electron chi connectivity index (χ4n) is 5.29. The number of hydrogen-bond acceptors (Lipinski definition) is 8. The minimum absolute atomic E-state index is 0.282. The van der Waals surface area contributed by atoms with Crippen molar-refractivity contribution in [2.45, 2.75) is 25.0 Å². The molecule has 0 bridgehead atoms. The summed E-state index contributed by atoms with van der Waals surface area (Å²) in [5, 5.41) is 11.9. The zero-order valence-corrected chi connectivity index (χ0v) is 19.9. The molecule has 3 aliphatic rings. The number of allylic oxidation sites excluding steroid dienone is 2. The number of nitrogens with zero attached hydrogens (tertiary/aromatic N) is 5. The molecular weight excluding hydrogens is 468 g/mol. The van der Waals surface area contributed by atoms with Crippen LogP contribution in [0.2, 0.25) is 0 Å². The Bertz CT molecular complexity index is 1690. The highest BCUT2D eigenvalue weighted by molar-refractivity contribution is 5.96. The molecule has 10 heteroatoms. The van der Waals surface area contributed by atoms with Gasteiger partial charge in [0.15, 0.2) is 11.5 Å². The van der Waals surface area contributed by atoms with Crippen molar-refractivity contribution in [3.05, 3.63) is 66.7 Å². The fraction of sp³-hybridized carbons (Fsp3) is 0.259. The Morgan fingerprint density at radius 1 is 1.11 bits per heavy atom. The van der Waals surface area contributed by atoms with Crippen LogP contribution in [-0.4, -0.2) is 66.8 Å². The van der Waals surface area contributed by atoms with Gasteiger partial charge in [0, 0.05) is 41.8 Å². The molecule has 1 unspecified atom stereocenters. The topological polar surface area (TPSA) is 121 Å². The molecule has 184 valence electrons. The Hall–Kier alpha value is -4.44. The standard InChI is InChI=1S/C27H24N8O2/c1-5-28-6-2-18(1)37-22-10-17(12-35-13-21(22)35)16-9-19-24(33-34-26(19)30-11-16)27-31-20-3-7-29-23(25(20)32-27)15-4-8-36-14-15/h3-4,7-12,14,18,21,28H,1-2,5-6,13H2,(H,31,32)(H,30,33,34). The fourth-order valence-corrected chi connectivity index (χ4v) is 5.29. The minimum atomic E-state index is 0.282. The molecule has 0 aromatic carbocycles. The molecule has 5 aromatic rings. The number of H-pyrrole nitrogens is 2.